The van der Waals surface area contributed by atoms with Crippen molar-refractivity contribution in [3.05, 3.63) is 51.9 Å². The van der Waals surface area contributed by atoms with Gasteiger partial charge >= 0.3 is 11.9 Å². The van der Waals surface area contributed by atoms with Crippen molar-refractivity contribution in [2.24, 2.45) is 16.6 Å². The number of methoxy groups -OCH3 is 1. The Morgan fingerprint density at radius 3 is 2.68 bits per heavy atom. The van der Waals surface area contributed by atoms with Gasteiger partial charge in [-0.1, -0.05) is 29.8 Å². The monoisotopic (exact) mass is 490 g/mol. The number of carbonyl (C=O) groups is 2. The molecule has 0 fully saturated rings. The molecule has 0 aliphatic carbocycles. The van der Waals surface area contributed by atoms with E-state index in [1.54, 1.807) is 38.1 Å². The van der Waals surface area contributed by atoms with E-state index in [0.717, 1.165) is 0 Å². The van der Waals surface area contributed by atoms with E-state index < -0.39 is 23.8 Å². The van der Waals surface area contributed by atoms with Gasteiger partial charge in [-0.2, -0.15) is 4.80 Å². The van der Waals surface area contributed by atoms with E-state index in [2.05, 4.69) is 20.4 Å². The summed E-state index contributed by atoms with van der Waals surface area (Å²) in [5.74, 6) is -2.40. The molecule has 1 aliphatic rings. The van der Waals surface area contributed by atoms with Gasteiger partial charge in [0.2, 0.25) is 0 Å². The van der Waals surface area contributed by atoms with Crippen molar-refractivity contribution in [3.63, 3.8) is 0 Å². The summed E-state index contributed by atoms with van der Waals surface area (Å²) in [6.07, 6.45) is 0. The minimum absolute atomic E-state index is 0.0376. The Morgan fingerprint density at radius 1 is 1.24 bits per heavy atom. The molecule has 3 rings (SSSR count). The molecule has 2 unspecified atom stereocenters. The molecule has 0 radical (unpaired) electrons. The molecule has 1 aromatic carbocycles. The molecule has 12 heteroatoms. The van der Waals surface area contributed by atoms with Crippen LogP contribution in [0.2, 0.25) is 5.02 Å². The molecular formula is C22H27ClN6O5. The average molecular weight is 491 g/mol. The fourth-order valence-corrected chi connectivity index (χ4v) is 4.03. The van der Waals surface area contributed by atoms with Crippen molar-refractivity contribution in [2.45, 2.75) is 32.9 Å². The molecule has 0 bridgehead atoms. The number of benzene rings is 1. The van der Waals surface area contributed by atoms with Crippen molar-refractivity contribution < 1.29 is 23.8 Å². The van der Waals surface area contributed by atoms with Crippen molar-refractivity contribution in [2.75, 3.05) is 26.9 Å². The molecule has 2 heterocycles. The molecule has 11 nitrogen and oxygen atoms in total. The molecule has 182 valence electrons. The molecule has 2 atom stereocenters. The smallest absolute Gasteiger partial charge is 0.336 e. The third-order valence-electron chi connectivity index (χ3n) is 5.20. The van der Waals surface area contributed by atoms with Crippen LogP contribution in [0.15, 0.2) is 40.5 Å². The number of nitrogens with zero attached hydrogens (tertiary/aromatic N) is 5. The molecule has 34 heavy (non-hydrogen) atoms. The van der Waals surface area contributed by atoms with Gasteiger partial charge < -0.3 is 19.9 Å². The Bertz CT molecular complexity index is 1100. The van der Waals surface area contributed by atoms with Crippen LogP contribution in [0.25, 0.3) is 0 Å². The standard InChI is InChI=1S/C22H27ClN6O5/c1-4-34-22(31)20-16(11-33-12-17-26-28-29(27-17)10-9-24)25-13(2)18(21(30)32-3)19(20)14-7-5-6-8-15(14)23/h5-8,18-19H,4,9-12,24H2,1-3H3. The minimum atomic E-state index is -0.856. The van der Waals surface area contributed by atoms with Crippen LogP contribution in [-0.2, 0) is 37.0 Å². The highest BCUT2D eigenvalue weighted by Gasteiger charge is 2.43. The topological polar surface area (TPSA) is 144 Å². The first-order chi connectivity index (χ1) is 16.4. The van der Waals surface area contributed by atoms with Gasteiger partial charge in [0.05, 0.1) is 38.1 Å². The number of carbonyl (C=O) groups excluding carboxylic acids is 2. The lowest BCUT2D eigenvalue weighted by molar-refractivity contribution is -0.144. The largest absolute Gasteiger partial charge is 0.468 e. The summed E-state index contributed by atoms with van der Waals surface area (Å²) in [7, 11) is 1.29. The second-order valence-corrected chi connectivity index (χ2v) is 7.82. The summed E-state index contributed by atoms with van der Waals surface area (Å²) < 4.78 is 16.1. The summed E-state index contributed by atoms with van der Waals surface area (Å²) in [4.78, 5) is 31.8. The van der Waals surface area contributed by atoms with Gasteiger partial charge in [0.1, 0.15) is 12.5 Å². The fraction of sp³-hybridized carbons (Fsp3) is 0.455. The Labute approximate surface area is 201 Å². The van der Waals surface area contributed by atoms with Crippen molar-refractivity contribution in [1.82, 2.24) is 20.2 Å². The van der Waals surface area contributed by atoms with E-state index in [-0.39, 0.29) is 25.4 Å². The number of tetrazole rings is 1. The molecule has 0 spiro atoms. The predicted molar refractivity (Wildman–Crippen MR) is 123 cm³/mol. The molecule has 0 amide bonds. The summed E-state index contributed by atoms with van der Waals surface area (Å²) in [6, 6.07) is 7.01. The Morgan fingerprint density at radius 2 is 2.00 bits per heavy atom. The first-order valence-electron chi connectivity index (χ1n) is 10.7. The SMILES string of the molecule is CCOC(=O)C1=C(COCc2nnn(CCN)n2)N=C(C)C(C(=O)OC)C1c1ccccc1Cl. The van der Waals surface area contributed by atoms with Gasteiger partial charge in [0, 0.05) is 23.2 Å². The molecule has 1 aromatic heterocycles. The van der Waals surface area contributed by atoms with Crippen LogP contribution < -0.4 is 5.73 Å². The summed E-state index contributed by atoms with van der Waals surface area (Å²) in [6.45, 7) is 4.35. The third kappa shape index (κ3) is 5.66. The number of aliphatic imine (C=N–C) groups is 1. The lowest BCUT2D eigenvalue weighted by atomic mass is 9.75. The summed E-state index contributed by atoms with van der Waals surface area (Å²) in [5.41, 5.74) is 7.07. The van der Waals surface area contributed by atoms with Gasteiger partial charge in [0.15, 0.2) is 5.82 Å². The summed E-state index contributed by atoms with van der Waals surface area (Å²) >= 11 is 6.49. The maximum absolute atomic E-state index is 13.1. The van der Waals surface area contributed by atoms with Gasteiger partial charge in [-0.25, -0.2) is 4.79 Å². The third-order valence-corrected chi connectivity index (χ3v) is 5.54. The van der Waals surface area contributed by atoms with Crippen LogP contribution in [-0.4, -0.2) is 64.7 Å². The van der Waals surface area contributed by atoms with Crippen LogP contribution >= 0.6 is 11.6 Å². The second-order valence-electron chi connectivity index (χ2n) is 7.42. The van der Waals surface area contributed by atoms with Crippen LogP contribution in [0.4, 0.5) is 0 Å². The van der Waals surface area contributed by atoms with E-state index >= 15 is 0 Å². The Hall–Kier alpha value is -3.15. The maximum atomic E-state index is 13.1. The number of hydrogen-bond donors (Lipinski definition) is 1. The molecule has 2 aromatic rings. The van der Waals surface area contributed by atoms with Gasteiger partial charge in [0.25, 0.3) is 0 Å². The number of esters is 2. The predicted octanol–water partition coefficient (Wildman–Crippen LogP) is 1.67. The zero-order valence-corrected chi connectivity index (χ0v) is 20.0. The van der Waals surface area contributed by atoms with Gasteiger partial charge in [-0.05, 0) is 30.7 Å². The van der Waals surface area contributed by atoms with E-state index in [1.807, 2.05) is 0 Å². The first kappa shape index (κ1) is 25.5. The quantitative estimate of drug-likeness (QED) is 0.491. The molecule has 1 aliphatic heterocycles. The maximum Gasteiger partial charge on any atom is 0.336 e. The molecule has 2 N–H and O–H groups in total. The van der Waals surface area contributed by atoms with Crippen molar-refractivity contribution >= 4 is 29.3 Å². The number of rotatable bonds is 10. The van der Waals surface area contributed by atoms with E-state index in [9.17, 15) is 9.59 Å². The van der Waals surface area contributed by atoms with Gasteiger partial charge in [-0.15, -0.1) is 10.2 Å². The summed E-state index contributed by atoms with van der Waals surface area (Å²) in [5, 5.41) is 12.4. The second kappa shape index (κ2) is 11.8. The number of hydrogen-bond acceptors (Lipinski definition) is 10. The normalized spacial score (nSPS) is 18.0. The van der Waals surface area contributed by atoms with Gasteiger partial charge in [-0.3, -0.25) is 9.79 Å². The van der Waals surface area contributed by atoms with Crippen LogP contribution in [0.1, 0.15) is 31.2 Å². The first-order valence-corrected chi connectivity index (χ1v) is 11.1. The minimum Gasteiger partial charge on any atom is -0.468 e. The zero-order valence-electron chi connectivity index (χ0n) is 19.2. The number of halogens is 1. The van der Waals surface area contributed by atoms with Crippen LogP contribution in [0.5, 0.6) is 0 Å². The Balaban J connectivity index is 1.99. The molecule has 0 saturated heterocycles. The lowest BCUT2D eigenvalue weighted by Crippen LogP contribution is -2.37. The molecule has 0 saturated carbocycles. The number of aromatic nitrogens is 4. The highest BCUT2D eigenvalue weighted by molar-refractivity contribution is 6.31. The van der Waals surface area contributed by atoms with E-state index in [1.165, 1.54) is 11.9 Å². The zero-order chi connectivity index (χ0) is 24.7. The van der Waals surface area contributed by atoms with E-state index in [0.29, 0.717) is 40.9 Å². The number of nitrogens with two attached hydrogens (primary N) is 1. The fourth-order valence-electron chi connectivity index (χ4n) is 3.77. The highest BCUT2D eigenvalue weighted by Crippen LogP contribution is 2.42. The van der Waals surface area contributed by atoms with Crippen molar-refractivity contribution in [3.8, 4) is 0 Å². The van der Waals surface area contributed by atoms with Crippen LogP contribution in [0, 0.1) is 5.92 Å². The Kier molecular flexibility index (Phi) is 8.85. The highest BCUT2D eigenvalue weighted by atomic mass is 35.5. The van der Waals surface area contributed by atoms with Crippen LogP contribution in [0.3, 0.4) is 0 Å². The van der Waals surface area contributed by atoms with E-state index in [4.69, 9.17) is 31.5 Å². The molecular weight excluding hydrogens is 464 g/mol. The average Bonchev–Trinajstić information content (AvgIpc) is 3.26. The lowest BCUT2D eigenvalue weighted by Gasteiger charge is -2.32. The van der Waals surface area contributed by atoms with Crippen molar-refractivity contribution in [1.29, 1.82) is 0 Å². The number of ether oxygens (including phenoxy) is 3.